The number of hydrogen-bond acceptors (Lipinski definition) is 6. The third kappa shape index (κ3) is 4.79. The third-order valence-corrected chi connectivity index (χ3v) is 6.10. The van der Waals surface area contributed by atoms with E-state index >= 15 is 0 Å². The monoisotopic (exact) mass is 446 g/mol. The fraction of sp³-hybridized carbons (Fsp3) is 0.400. The first kappa shape index (κ1) is 22.6. The number of fused-ring (bicyclic) bond motifs is 1. The van der Waals surface area contributed by atoms with Gasteiger partial charge in [-0.1, -0.05) is 18.2 Å². The number of benzene rings is 1. The normalized spacial score (nSPS) is 16.0. The number of likely N-dealkylation sites (tertiary alicyclic amines) is 1. The summed E-state index contributed by atoms with van der Waals surface area (Å²) >= 11 is 0. The van der Waals surface area contributed by atoms with Gasteiger partial charge in [0, 0.05) is 52.3 Å². The van der Waals surface area contributed by atoms with E-state index in [1.54, 1.807) is 18.1 Å². The Morgan fingerprint density at radius 2 is 1.88 bits per heavy atom. The maximum atomic E-state index is 13.7. The Balaban J connectivity index is 1.73. The van der Waals surface area contributed by atoms with Crippen LogP contribution in [0.25, 0.3) is 10.9 Å². The van der Waals surface area contributed by atoms with E-state index < -0.39 is 0 Å². The van der Waals surface area contributed by atoms with Gasteiger partial charge in [0.25, 0.3) is 5.91 Å². The number of carbonyl (C=O) groups excluding carboxylic acids is 2. The van der Waals surface area contributed by atoms with Gasteiger partial charge in [-0.25, -0.2) is 9.97 Å². The van der Waals surface area contributed by atoms with Gasteiger partial charge >= 0.3 is 0 Å². The zero-order valence-electron chi connectivity index (χ0n) is 19.7. The number of anilines is 1. The number of nitrogens with zero attached hydrogens (tertiary/aromatic N) is 6. The van der Waals surface area contributed by atoms with Crippen LogP contribution >= 0.6 is 0 Å². The summed E-state index contributed by atoms with van der Waals surface area (Å²) in [6.45, 7) is 2.57. The molecule has 1 fully saturated rings. The van der Waals surface area contributed by atoms with E-state index in [0.29, 0.717) is 30.0 Å². The van der Waals surface area contributed by atoms with Crippen LogP contribution in [0.4, 0.5) is 5.82 Å². The van der Waals surface area contributed by atoms with Crippen molar-refractivity contribution >= 4 is 28.5 Å². The summed E-state index contributed by atoms with van der Waals surface area (Å²) in [6, 6.07) is 11.2. The molecule has 0 aliphatic carbocycles. The highest BCUT2D eigenvalue weighted by molar-refractivity contribution is 6.05. The molecule has 3 aromatic rings. The van der Waals surface area contributed by atoms with Gasteiger partial charge in [0.05, 0.1) is 29.4 Å². The molecule has 0 N–H and O–H groups in total. The SMILES string of the molecule is CC(=O)N(C)Cc1cc(N(C)C)nc([C@H]2CCCCN2C(=O)c2cccc3cccnc23)n1. The summed E-state index contributed by atoms with van der Waals surface area (Å²) < 4.78 is 0. The molecule has 0 spiro atoms. The largest absolute Gasteiger partial charge is 0.363 e. The highest BCUT2D eigenvalue weighted by Gasteiger charge is 2.32. The Morgan fingerprint density at radius 1 is 1.09 bits per heavy atom. The standard InChI is InChI=1S/C25H30N6O2/c1-17(32)30(4)16-19-15-22(29(2)3)28-24(27-19)21-12-5-6-14-31(21)25(33)20-11-7-9-18-10-8-13-26-23(18)20/h7-11,13,15,21H,5-6,12,14,16H2,1-4H3/t21-/m1/s1. The van der Waals surface area contributed by atoms with Crippen molar-refractivity contribution in [3.05, 3.63) is 59.7 Å². The molecule has 1 aliphatic rings. The smallest absolute Gasteiger partial charge is 0.256 e. The molecule has 8 heteroatoms. The highest BCUT2D eigenvalue weighted by atomic mass is 16.2. The van der Waals surface area contributed by atoms with E-state index in [-0.39, 0.29) is 17.9 Å². The van der Waals surface area contributed by atoms with E-state index in [4.69, 9.17) is 9.97 Å². The number of hydrogen-bond donors (Lipinski definition) is 0. The molecule has 0 unspecified atom stereocenters. The van der Waals surface area contributed by atoms with Crippen LogP contribution in [0.5, 0.6) is 0 Å². The lowest BCUT2D eigenvalue weighted by Crippen LogP contribution is -2.39. The van der Waals surface area contributed by atoms with Crippen molar-refractivity contribution in [3.63, 3.8) is 0 Å². The van der Waals surface area contributed by atoms with Crippen molar-refractivity contribution in [2.45, 2.75) is 38.8 Å². The summed E-state index contributed by atoms with van der Waals surface area (Å²) in [5.74, 6) is 1.30. The molecule has 8 nitrogen and oxygen atoms in total. The molecule has 1 aliphatic heterocycles. The zero-order chi connectivity index (χ0) is 23.5. The molecule has 3 heterocycles. The minimum absolute atomic E-state index is 0.0282. The molecule has 0 bridgehead atoms. The Bertz CT molecular complexity index is 1170. The summed E-state index contributed by atoms with van der Waals surface area (Å²) in [6.07, 6.45) is 4.45. The Labute approximate surface area is 194 Å². The summed E-state index contributed by atoms with van der Waals surface area (Å²) in [5, 5.41) is 0.942. The minimum atomic E-state index is -0.230. The molecule has 0 radical (unpaired) electrons. The maximum Gasteiger partial charge on any atom is 0.256 e. The van der Waals surface area contributed by atoms with E-state index in [1.807, 2.05) is 60.3 Å². The second kappa shape index (κ2) is 9.52. The van der Waals surface area contributed by atoms with E-state index in [0.717, 1.165) is 36.2 Å². The molecule has 1 saturated heterocycles. The second-order valence-electron chi connectivity index (χ2n) is 8.74. The fourth-order valence-corrected chi connectivity index (χ4v) is 4.19. The third-order valence-electron chi connectivity index (χ3n) is 6.10. The molecular weight excluding hydrogens is 416 g/mol. The van der Waals surface area contributed by atoms with Crippen LogP contribution < -0.4 is 4.90 Å². The van der Waals surface area contributed by atoms with Crippen molar-refractivity contribution in [1.29, 1.82) is 0 Å². The molecule has 172 valence electrons. The van der Waals surface area contributed by atoms with Crippen molar-refractivity contribution in [2.75, 3.05) is 32.6 Å². The number of para-hydroxylation sites is 1. The van der Waals surface area contributed by atoms with E-state index in [9.17, 15) is 9.59 Å². The van der Waals surface area contributed by atoms with Crippen LogP contribution in [0, 0.1) is 0 Å². The predicted molar refractivity (Wildman–Crippen MR) is 128 cm³/mol. The molecule has 33 heavy (non-hydrogen) atoms. The van der Waals surface area contributed by atoms with Crippen LogP contribution in [0.3, 0.4) is 0 Å². The fourth-order valence-electron chi connectivity index (χ4n) is 4.19. The lowest BCUT2D eigenvalue weighted by atomic mass is 9.99. The van der Waals surface area contributed by atoms with Gasteiger partial charge in [-0.15, -0.1) is 0 Å². The Kier molecular flexibility index (Phi) is 6.53. The van der Waals surface area contributed by atoms with Crippen molar-refractivity contribution in [3.8, 4) is 0 Å². The predicted octanol–water partition coefficient (Wildman–Crippen LogP) is 3.44. The first-order valence-electron chi connectivity index (χ1n) is 11.3. The van der Waals surface area contributed by atoms with Crippen molar-refractivity contribution in [1.82, 2.24) is 24.8 Å². The quantitative estimate of drug-likeness (QED) is 0.597. The Morgan fingerprint density at radius 3 is 2.64 bits per heavy atom. The van der Waals surface area contributed by atoms with E-state index in [1.165, 1.54) is 6.92 Å². The number of aromatic nitrogens is 3. The molecule has 4 rings (SSSR count). The molecule has 0 saturated carbocycles. The van der Waals surface area contributed by atoms with Gasteiger partial charge in [-0.3, -0.25) is 14.6 Å². The topological polar surface area (TPSA) is 82.5 Å². The van der Waals surface area contributed by atoms with Crippen LogP contribution in [-0.4, -0.2) is 64.3 Å². The second-order valence-corrected chi connectivity index (χ2v) is 8.74. The average Bonchev–Trinajstić information content (AvgIpc) is 2.83. The number of pyridine rings is 1. The van der Waals surface area contributed by atoms with Crippen molar-refractivity contribution in [2.24, 2.45) is 0 Å². The van der Waals surface area contributed by atoms with Crippen LogP contribution in [0.15, 0.2) is 42.6 Å². The Hall–Kier alpha value is -3.55. The van der Waals surface area contributed by atoms with Crippen molar-refractivity contribution < 1.29 is 9.59 Å². The molecule has 1 atom stereocenters. The van der Waals surface area contributed by atoms with Gasteiger partial charge in [0.1, 0.15) is 5.82 Å². The van der Waals surface area contributed by atoms with Gasteiger partial charge in [0.15, 0.2) is 5.82 Å². The number of piperidine rings is 1. The molecular formula is C25H30N6O2. The highest BCUT2D eigenvalue weighted by Crippen LogP contribution is 2.32. The van der Waals surface area contributed by atoms with Crippen LogP contribution in [-0.2, 0) is 11.3 Å². The van der Waals surface area contributed by atoms with Gasteiger partial charge in [-0.05, 0) is 31.4 Å². The summed E-state index contributed by atoms with van der Waals surface area (Å²) in [4.78, 5) is 45.0. The van der Waals surface area contributed by atoms with Crippen LogP contribution in [0.2, 0.25) is 0 Å². The zero-order valence-corrected chi connectivity index (χ0v) is 19.7. The number of carbonyl (C=O) groups is 2. The summed E-state index contributed by atoms with van der Waals surface area (Å²) in [7, 11) is 5.61. The van der Waals surface area contributed by atoms with Crippen LogP contribution in [0.1, 0.15) is 54.1 Å². The number of amides is 2. The lowest BCUT2D eigenvalue weighted by Gasteiger charge is -2.35. The molecule has 1 aromatic carbocycles. The first-order valence-corrected chi connectivity index (χ1v) is 11.3. The molecule has 2 amide bonds. The summed E-state index contributed by atoms with van der Waals surface area (Å²) in [5.41, 5.74) is 2.06. The van der Waals surface area contributed by atoms with E-state index in [2.05, 4.69) is 4.98 Å². The average molecular weight is 447 g/mol. The minimum Gasteiger partial charge on any atom is -0.363 e. The van der Waals surface area contributed by atoms with Gasteiger partial charge in [-0.2, -0.15) is 0 Å². The van der Waals surface area contributed by atoms with Gasteiger partial charge in [0.2, 0.25) is 5.91 Å². The lowest BCUT2D eigenvalue weighted by molar-refractivity contribution is -0.128. The maximum absolute atomic E-state index is 13.7. The van der Waals surface area contributed by atoms with Gasteiger partial charge < -0.3 is 14.7 Å². The number of rotatable bonds is 5. The molecule has 2 aromatic heterocycles. The first-order chi connectivity index (χ1) is 15.8.